The van der Waals surface area contributed by atoms with Gasteiger partial charge in [-0.2, -0.15) is 0 Å². The van der Waals surface area contributed by atoms with Crippen LogP contribution >= 0.6 is 0 Å². The molecule has 0 amide bonds. The van der Waals surface area contributed by atoms with Gasteiger partial charge in [0.2, 0.25) is 0 Å². The van der Waals surface area contributed by atoms with E-state index in [2.05, 4.69) is 304 Å². The lowest BCUT2D eigenvalue weighted by Gasteiger charge is -2.28. The van der Waals surface area contributed by atoms with Crippen LogP contribution in [0, 0.1) is 0 Å². The molecule has 13 aromatic rings. The van der Waals surface area contributed by atoms with Gasteiger partial charge in [0.25, 0.3) is 0 Å². The Morgan fingerprint density at radius 2 is 0.654 bits per heavy atom. The van der Waals surface area contributed by atoms with Gasteiger partial charge in [0, 0.05) is 22.5 Å². The molecule has 15 rings (SSSR count). The van der Waals surface area contributed by atoms with E-state index < -0.39 is 0 Å². The Morgan fingerprint density at radius 3 is 1.15 bits per heavy atom. The lowest BCUT2D eigenvalue weighted by molar-refractivity contribution is 0.661. The number of anilines is 3. The molecule has 0 saturated heterocycles. The maximum absolute atomic E-state index is 2.61. The third-order valence-corrected chi connectivity index (χ3v) is 16.8. The van der Waals surface area contributed by atoms with Gasteiger partial charge >= 0.3 is 0 Å². The van der Waals surface area contributed by atoms with Crippen LogP contribution in [0.1, 0.15) is 25.0 Å². The van der Waals surface area contributed by atoms with Crippen LogP contribution in [0.3, 0.4) is 0 Å². The first-order valence-corrected chi connectivity index (χ1v) is 27.2. The van der Waals surface area contributed by atoms with Gasteiger partial charge in [-0.25, -0.2) is 0 Å². The highest BCUT2D eigenvalue weighted by Crippen LogP contribution is 2.63. The van der Waals surface area contributed by atoms with Gasteiger partial charge in [-0.05, 0) is 187 Å². The highest BCUT2D eigenvalue weighted by atomic mass is 15.1. The summed E-state index contributed by atoms with van der Waals surface area (Å²) in [5.41, 5.74) is 28.1. The number of benzene rings is 13. The molecular formula is C77H53N. The van der Waals surface area contributed by atoms with Crippen LogP contribution in [0.5, 0.6) is 0 Å². The Balaban J connectivity index is 1.05. The zero-order valence-corrected chi connectivity index (χ0v) is 43.6. The van der Waals surface area contributed by atoms with E-state index in [-0.39, 0.29) is 5.41 Å². The second-order valence-electron chi connectivity index (χ2n) is 21.5. The number of nitrogens with zero attached hydrogens (tertiary/aromatic N) is 1. The summed E-state index contributed by atoms with van der Waals surface area (Å²) >= 11 is 0. The molecule has 0 fully saturated rings. The van der Waals surface area contributed by atoms with E-state index in [1.165, 1.54) is 133 Å². The molecule has 78 heavy (non-hydrogen) atoms. The summed E-state index contributed by atoms with van der Waals surface area (Å²) in [7, 11) is 0. The predicted molar refractivity (Wildman–Crippen MR) is 331 cm³/mol. The lowest BCUT2D eigenvalue weighted by atomic mass is 9.78. The van der Waals surface area contributed by atoms with Crippen LogP contribution in [0.25, 0.3) is 122 Å². The largest absolute Gasteiger partial charge is 0.310 e. The first kappa shape index (κ1) is 45.6. The smallest absolute Gasteiger partial charge is 0.0465 e. The van der Waals surface area contributed by atoms with Gasteiger partial charge in [0.05, 0.1) is 0 Å². The normalized spacial score (nSPS) is 12.6. The van der Waals surface area contributed by atoms with E-state index >= 15 is 0 Å². The molecule has 1 nitrogen and oxygen atoms in total. The van der Waals surface area contributed by atoms with E-state index in [9.17, 15) is 0 Å². The highest BCUT2D eigenvalue weighted by molar-refractivity contribution is 6.30. The molecule has 0 atom stereocenters. The van der Waals surface area contributed by atoms with Gasteiger partial charge < -0.3 is 4.90 Å². The van der Waals surface area contributed by atoms with Crippen molar-refractivity contribution in [2.75, 3.05) is 4.90 Å². The number of hydrogen-bond acceptors (Lipinski definition) is 1. The summed E-state index contributed by atoms with van der Waals surface area (Å²) in [6.45, 7) is 4.89. The maximum atomic E-state index is 2.61. The number of hydrogen-bond donors (Lipinski definition) is 0. The summed E-state index contributed by atoms with van der Waals surface area (Å²) in [5.74, 6) is 0. The minimum Gasteiger partial charge on any atom is -0.310 e. The second kappa shape index (κ2) is 18.2. The summed E-state index contributed by atoms with van der Waals surface area (Å²) in [6, 6.07) is 106. The Kier molecular flexibility index (Phi) is 10.6. The van der Waals surface area contributed by atoms with E-state index in [4.69, 9.17) is 0 Å². The Hall–Kier alpha value is -9.82. The van der Waals surface area contributed by atoms with Crippen molar-refractivity contribution in [3.05, 3.63) is 296 Å². The Labute approximate surface area is 456 Å². The van der Waals surface area contributed by atoms with Gasteiger partial charge in [0.15, 0.2) is 0 Å². The molecule has 366 valence electrons. The summed E-state index contributed by atoms with van der Waals surface area (Å²) in [5, 5.41) is 5.08. The van der Waals surface area contributed by atoms with Gasteiger partial charge in [0.1, 0.15) is 0 Å². The summed E-state index contributed by atoms with van der Waals surface area (Å²) in [4.78, 5) is 2.39. The molecule has 0 unspecified atom stereocenters. The third-order valence-electron chi connectivity index (χ3n) is 16.8. The molecule has 2 aliphatic carbocycles. The fourth-order valence-corrected chi connectivity index (χ4v) is 13.2. The monoisotopic (exact) mass is 991 g/mol. The number of rotatable bonds is 9. The van der Waals surface area contributed by atoms with Crippen molar-refractivity contribution >= 4 is 38.6 Å². The molecule has 0 bridgehead atoms. The number of para-hydroxylation sites is 2. The van der Waals surface area contributed by atoms with E-state index in [1.807, 2.05) is 0 Å². The minimum absolute atomic E-state index is 0.330. The molecule has 0 saturated carbocycles. The average Bonchev–Trinajstić information content (AvgIpc) is 2.89. The predicted octanol–water partition coefficient (Wildman–Crippen LogP) is 21.4. The fourth-order valence-electron chi connectivity index (χ4n) is 13.2. The van der Waals surface area contributed by atoms with Crippen LogP contribution in [0.15, 0.2) is 285 Å². The fraction of sp³-hybridized carbons (Fsp3) is 0.0390. The van der Waals surface area contributed by atoms with E-state index in [1.54, 1.807) is 0 Å². The van der Waals surface area contributed by atoms with Crippen LogP contribution in [-0.2, 0) is 5.41 Å². The molecule has 0 radical (unpaired) electrons. The second-order valence-corrected chi connectivity index (χ2v) is 21.5. The van der Waals surface area contributed by atoms with Crippen molar-refractivity contribution in [3.63, 3.8) is 0 Å². The topological polar surface area (TPSA) is 3.24 Å². The van der Waals surface area contributed by atoms with E-state index in [0.717, 1.165) is 17.1 Å². The minimum atomic E-state index is -0.330. The first-order chi connectivity index (χ1) is 38.5. The van der Waals surface area contributed by atoms with E-state index in [0.29, 0.717) is 0 Å². The molecule has 2 aliphatic rings. The third kappa shape index (κ3) is 7.16. The molecule has 13 aromatic carbocycles. The van der Waals surface area contributed by atoms with Crippen molar-refractivity contribution in [2.45, 2.75) is 19.3 Å². The molecule has 1 heteroatoms. The molecular weight excluding hydrogens is 939 g/mol. The van der Waals surface area contributed by atoms with Crippen LogP contribution < -0.4 is 4.90 Å². The van der Waals surface area contributed by atoms with Crippen molar-refractivity contribution in [1.29, 1.82) is 0 Å². The van der Waals surface area contributed by atoms with Crippen molar-refractivity contribution in [3.8, 4) is 100 Å². The summed E-state index contributed by atoms with van der Waals surface area (Å²) in [6.07, 6.45) is 0. The Bertz CT molecular complexity index is 4430. The lowest BCUT2D eigenvalue weighted by Crippen LogP contribution is -2.16. The van der Waals surface area contributed by atoms with Gasteiger partial charge in [-0.15, -0.1) is 0 Å². The van der Waals surface area contributed by atoms with Crippen molar-refractivity contribution < 1.29 is 0 Å². The Morgan fingerprint density at radius 1 is 0.231 bits per heavy atom. The maximum Gasteiger partial charge on any atom is 0.0465 e. The van der Waals surface area contributed by atoms with Gasteiger partial charge in [-0.3, -0.25) is 0 Å². The zero-order valence-electron chi connectivity index (χ0n) is 43.6. The van der Waals surface area contributed by atoms with Gasteiger partial charge in [-0.1, -0.05) is 244 Å². The molecule has 0 heterocycles. The highest BCUT2D eigenvalue weighted by Gasteiger charge is 2.41. The first-order valence-electron chi connectivity index (χ1n) is 27.2. The van der Waals surface area contributed by atoms with Crippen molar-refractivity contribution in [1.82, 2.24) is 0 Å². The quantitative estimate of drug-likeness (QED) is 0.139. The molecule has 0 N–H and O–H groups in total. The molecule has 0 spiro atoms. The van der Waals surface area contributed by atoms with Crippen LogP contribution in [-0.4, -0.2) is 0 Å². The standard InChI is InChI=1S/C77H53N/c1-77(2)69-48-58(78(56-32-17-7-18-33-56)57-34-19-8-20-35-57)42-45-63(69)72-64-38-23-39-65-71(64)68(49-70(72)77)76-74(62-44-41-55(51-26-11-4-12-27-51)47-67(62)53-30-15-6-16-31-53)60-37-22-21-36-59(60)73(75(65)76)61-43-40-54(50-24-9-3-10-25-50)46-66(61)52-28-13-5-14-29-52/h3-49H,1-2H3. The number of fused-ring (bicyclic) bond motifs is 8. The van der Waals surface area contributed by atoms with Crippen LogP contribution in [0.4, 0.5) is 17.1 Å². The van der Waals surface area contributed by atoms with Crippen LogP contribution in [0.2, 0.25) is 0 Å². The molecule has 0 aromatic heterocycles. The zero-order chi connectivity index (χ0) is 51.9. The molecule has 0 aliphatic heterocycles. The average molecular weight is 992 g/mol. The summed E-state index contributed by atoms with van der Waals surface area (Å²) < 4.78 is 0. The SMILES string of the molecule is CC1(C)c2cc(N(c3ccccc3)c3ccccc3)ccc2-c2c1cc1c3c(cccc23)-c2c-1c(-c1ccc(-c3ccccc3)cc1-c1ccccc1)c1ccccc1c2-c1ccc(-c2ccccc2)cc1-c1ccccc1. The van der Waals surface area contributed by atoms with Crippen molar-refractivity contribution in [2.24, 2.45) is 0 Å².